The normalized spacial score (nSPS) is 16.7. The van der Waals surface area contributed by atoms with Gasteiger partial charge in [-0.25, -0.2) is 13.1 Å². The fourth-order valence-corrected chi connectivity index (χ4v) is 3.82. The summed E-state index contributed by atoms with van der Waals surface area (Å²) in [4.78, 5) is 0.244. The number of rotatable bonds is 9. The van der Waals surface area contributed by atoms with Crippen LogP contribution >= 0.6 is 11.8 Å². The first-order valence-corrected chi connectivity index (χ1v) is 9.61. The molecule has 0 amide bonds. The van der Waals surface area contributed by atoms with E-state index < -0.39 is 10.0 Å². The van der Waals surface area contributed by atoms with Crippen LogP contribution in [0, 0.1) is 0 Å². The lowest BCUT2D eigenvalue weighted by molar-refractivity contribution is 0.233. The van der Waals surface area contributed by atoms with Gasteiger partial charge >= 0.3 is 0 Å². The summed E-state index contributed by atoms with van der Waals surface area (Å²) in [5.74, 6) is 0.602. The molecule has 0 spiro atoms. The van der Waals surface area contributed by atoms with E-state index in [9.17, 15) is 8.42 Å². The average Bonchev–Trinajstić information content (AvgIpc) is 3.27. The fourth-order valence-electron chi connectivity index (χ4n) is 1.87. The number of sulfonamides is 1. The van der Waals surface area contributed by atoms with Crippen LogP contribution in [0.25, 0.3) is 0 Å². The lowest BCUT2D eigenvalue weighted by atomic mass is 10.3. The molecule has 7 heteroatoms. The summed E-state index contributed by atoms with van der Waals surface area (Å²) in [6.07, 6.45) is 4.70. The molecule has 1 aromatic rings. The Balaban J connectivity index is 1.93. The molecule has 0 bridgehead atoms. The van der Waals surface area contributed by atoms with Gasteiger partial charge in [0.1, 0.15) is 5.75 Å². The minimum Gasteiger partial charge on any atom is -0.494 e. The smallest absolute Gasteiger partial charge is 0.240 e. The Morgan fingerprint density at radius 2 is 2.00 bits per heavy atom. The van der Waals surface area contributed by atoms with E-state index >= 15 is 0 Å². The number of hydrogen-bond acceptors (Lipinski definition) is 5. The molecular weight excluding hydrogens is 310 g/mol. The molecular formula is C14H21NO4S2. The molecule has 0 radical (unpaired) electrons. The SMILES string of the molecule is CSC1(CNS(=O)(=O)c2ccc(OCCCO)cc2)CC1. The Morgan fingerprint density at radius 1 is 1.33 bits per heavy atom. The van der Waals surface area contributed by atoms with E-state index in [0.717, 1.165) is 12.8 Å². The first-order chi connectivity index (χ1) is 10.0. The molecule has 0 aromatic heterocycles. The molecule has 21 heavy (non-hydrogen) atoms. The summed E-state index contributed by atoms with van der Waals surface area (Å²) in [5.41, 5.74) is 0. The zero-order chi connectivity index (χ0) is 15.3. The van der Waals surface area contributed by atoms with Gasteiger partial charge in [0.25, 0.3) is 0 Å². The number of nitrogens with one attached hydrogen (secondary N) is 1. The number of hydrogen-bond donors (Lipinski definition) is 2. The summed E-state index contributed by atoms with van der Waals surface area (Å²) < 4.78 is 32.6. The molecule has 0 unspecified atom stereocenters. The van der Waals surface area contributed by atoms with Crippen LogP contribution in [0.4, 0.5) is 0 Å². The van der Waals surface area contributed by atoms with Gasteiger partial charge in [-0.3, -0.25) is 0 Å². The van der Waals surface area contributed by atoms with Gasteiger partial charge in [0, 0.05) is 24.3 Å². The summed E-state index contributed by atoms with van der Waals surface area (Å²) in [6, 6.07) is 6.34. The Bertz CT molecular complexity index is 553. The minimum atomic E-state index is -3.46. The third-order valence-electron chi connectivity index (χ3n) is 3.53. The van der Waals surface area contributed by atoms with Gasteiger partial charge in [0.15, 0.2) is 0 Å². The largest absolute Gasteiger partial charge is 0.494 e. The second kappa shape index (κ2) is 7.00. The molecule has 0 heterocycles. The predicted octanol–water partition coefficient (Wildman–Crippen LogP) is 1.62. The van der Waals surface area contributed by atoms with Crippen molar-refractivity contribution in [2.45, 2.75) is 28.9 Å². The lowest BCUT2D eigenvalue weighted by Gasteiger charge is -2.13. The number of benzene rings is 1. The van der Waals surface area contributed by atoms with Gasteiger partial charge < -0.3 is 9.84 Å². The van der Waals surface area contributed by atoms with E-state index in [2.05, 4.69) is 4.72 Å². The molecule has 0 aliphatic heterocycles. The van der Waals surface area contributed by atoms with Crippen LogP contribution in [0.3, 0.4) is 0 Å². The Labute approximate surface area is 130 Å². The molecule has 2 N–H and O–H groups in total. The molecule has 0 saturated heterocycles. The summed E-state index contributed by atoms with van der Waals surface area (Å²) in [7, 11) is -3.46. The van der Waals surface area contributed by atoms with Gasteiger partial charge in [-0.2, -0.15) is 11.8 Å². The molecule has 1 fully saturated rings. The van der Waals surface area contributed by atoms with Crippen LogP contribution in [-0.2, 0) is 10.0 Å². The van der Waals surface area contributed by atoms with Crippen LogP contribution < -0.4 is 9.46 Å². The second-order valence-electron chi connectivity index (χ2n) is 5.11. The van der Waals surface area contributed by atoms with E-state index in [1.54, 1.807) is 23.9 Å². The molecule has 5 nitrogen and oxygen atoms in total. The third-order valence-corrected chi connectivity index (χ3v) is 6.37. The molecule has 2 rings (SSSR count). The molecule has 1 aliphatic carbocycles. The zero-order valence-electron chi connectivity index (χ0n) is 12.0. The van der Waals surface area contributed by atoms with Crippen LogP contribution in [0.15, 0.2) is 29.2 Å². The highest BCUT2D eigenvalue weighted by molar-refractivity contribution is 8.00. The zero-order valence-corrected chi connectivity index (χ0v) is 13.7. The monoisotopic (exact) mass is 331 g/mol. The van der Waals surface area contributed by atoms with Crippen LogP contribution in [0.2, 0.25) is 0 Å². The topological polar surface area (TPSA) is 75.6 Å². The maximum Gasteiger partial charge on any atom is 0.240 e. The Kier molecular flexibility index (Phi) is 5.54. The average molecular weight is 331 g/mol. The summed E-state index contributed by atoms with van der Waals surface area (Å²) in [5, 5.41) is 8.68. The quantitative estimate of drug-likeness (QED) is 0.673. The van der Waals surface area contributed by atoms with Crippen molar-refractivity contribution < 1.29 is 18.3 Å². The molecule has 1 saturated carbocycles. The van der Waals surface area contributed by atoms with Gasteiger partial charge in [-0.15, -0.1) is 0 Å². The standard InChI is InChI=1S/C14H21NO4S2/c1-20-14(7-8-14)11-15-21(17,18)13-5-3-12(4-6-13)19-10-2-9-16/h3-6,15-16H,2,7-11H2,1H3. The number of thioether (sulfide) groups is 1. The maximum atomic E-state index is 12.2. The van der Waals surface area contributed by atoms with E-state index in [0.29, 0.717) is 25.3 Å². The van der Waals surface area contributed by atoms with Crippen molar-refractivity contribution in [1.82, 2.24) is 4.72 Å². The lowest BCUT2D eigenvalue weighted by Crippen LogP contribution is -2.31. The van der Waals surface area contributed by atoms with Crippen molar-refractivity contribution in [3.63, 3.8) is 0 Å². The van der Waals surface area contributed by atoms with E-state index in [4.69, 9.17) is 9.84 Å². The van der Waals surface area contributed by atoms with Crippen LogP contribution in [0.5, 0.6) is 5.75 Å². The number of ether oxygens (including phenoxy) is 1. The van der Waals surface area contributed by atoms with Gasteiger partial charge in [0.2, 0.25) is 10.0 Å². The molecule has 0 atom stereocenters. The number of aliphatic hydroxyl groups is 1. The fraction of sp³-hybridized carbons (Fsp3) is 0.571. The van der Waals surface area contributed by atoms with Gasteiger partial charge in [-0.1, -0.05) is 0 Å². The highest BCUT2D eigenvalue weighted by atomic mass is 32.2. The van der Waals surface area contributed by atoms with Crippen molar-refractivity contribution in [2.75, 3.05) is 26.0 Å². The van der Waals surface area contributed by atoms with Crippen molar-refractivity contribution >= 4 is 21.8 Å². The van der Waals surface area contributed by atoms with Crippen LogP contribution in [-0.4, -0.2) is 44.3 Å². The highest BCUT2D eigenvalue weighted by Gasteiger charge is 2.42. The highest BCUT2D eigenvalue weighted by Crippen LogP contribution is 2.46. The first kappa shape index (κ1) is 16.6. The second-order valence-corrected chi connectivity index (χ2v) is 8.15. The van der Waals surface area contributed by atoms with E-state index in [-0.39, 0.29) is 16.2 Å². The number of aliphatic hydroxyl groups excluding tert-OH is 1. The molecule has 118 valence electrons. The first-order valence-electron chi connectivity index (χ1n) is 6.90. The minimum absolute atomic E-state index is 0.0770. The van der Waals surface area contributed by atoms with Gasteiger partial charge in [0.05, 0.1) is 11.5 Å². The molecule has 1 aromatic carbocycles. The molecule has 1 aliphatic rings. The van der Waals surface area contributed by atoms with Crippen LogP contribution in [0.1, 0.15) is 19.3 Å². The Hall–Kier alpha value is -0.760. The van der Waals surface area contributed by atoms with Crippen molar-refractivity contribution in [1.29, 1.82) is 0 Å². The summed E-state index contributed by atoms with van der Waals surface area (Å²) >= 11 is 1.72. The third kappa shape index (κ3) is 4.60. The van der Waals surface area contributed by atoms with E-state index in [1.807, 2.05) is 6.26 Å². The Morgan fingerprint density at radius 3 is 2.52 bits per heavy atom. The van der Waals surface area contributed by atoms with Crippen molar-refractivity contribution in [3.05, 3.63) is 24.3 Å². The maximum absolute atomic E-state index is 12.2. The van der Waals surface area contributed by atoms with Gasteiger partial charge in [-0.05, 0) is 43.4 Å². The predicted molar refractivity (Wildman–Crippen MR) is 84.3 cm³/mol. The van der Waals surface area contributed by atoms with E-state index in [1.165, 1.54) is 12.1 Å². The van der Waals surface area contributed by atoms with Crippen molar-refractivity contribution in [3.8, 4) is 5.75 Å². The summed E-state index contributed by atoms with van der Waals surface area (Å²) in [6.45, 7) is 0.968. The van der Waals surface area contributed by atoms with Crippen molar-refractivity contribution in [2.24, 2.45) is 0 Å².